The molecule has 0 aromatic heterocycles. The summed E-state index contributed by atoms with van der Waals surface area (Å²) in [5, 5.41) is 0. The van der Waals surface area contributed by atoms with Gasteiger partial charge in [-0.1, -0.05) is 0 Å². The number of carbonyl (C=O) groups excluding carboxylic acids is 1. The number of carbonyl (C=O) groups is 1. The quantitative estimate of drug-likeness (QED) is 0.772. The van der Waals surface area contributed by atoms with Crippen molar-refractivity contribution in [2.45, 2.75) is 44.2 Å². The first-order chi connectivity index (χ1) is 7.66. The van der Waals surface area contributed by atoms with Crippen molar-refractivity contribution in [3.05, 3.63) is 0 Å². The van der Waals surface area contributed by atoms with Crippen molar-refractivity contribution in [2.75, 3.05) is 20.2 Å². The highest BCUT2D eigenvalue weighted by atomic mass is 16.5. The monoisotopic (exact) mass is 226 g/mol. The van der Waals surface area contributed by atoms with Gasteiger partial charge in [0.05, 0.1) is 6.10 Å². The number of nitrogens with two attached hydrogens (primary N) is 1. The van der Waals surface area contributed by atoms with Crippen LogP contribution in [0.1, 0.15) is 32.1 Å². The number of amides is 1. The van der Waals surface area contributed by atoms with Crippen LogP contribution < -0.4 is 5.73 Å². The van der Waals surface area contributed by atoms with Gasteiger partial charge in [-0.2, -0.15) is 0 Å². The highest BCUT2D eigenvalue weighted by Crippen LogP contribution is 2.26. The van der Waals surface area contributed by atoms with Crippen LogP contribution >= 0.6 is 0 Å². The molecule has 1 aliphatic heterocycles. The number of nitrogens with zero attached hydrogens (tertiary/aromatic N) is 1. The molecule has 1 saturated heterocycles. The van der Waals surface area contributed by atoms with E-state index >= 15 is 0 Å². The molecule has 0 radical (unpaired) electrons. The molecule has 3 atom stereocenters. The minimum Gasteiger partial charge on any atom is -0.376 e. The Kier molecular flexibility index (Phi) is 3.82. The maximum atomic E-state index is 12.1. The van der Waals surface area contributed by atoms with E-state index in [-0.39, 0.29) is 24.0 Å². The molecule has 16 heavy (non-hydrogen) atoms. The number of hydrogen-bond donors (Lipinski definition) is 1. The highest BCUT2D eigenvalue weighted by molar-refractivity contribution is 5.79. The zero-order valence-corrected chi connectivity index (χ0v) is 10.0. The van der Waals surface area contributed by atoms with Gasteiger partial charge < -0.3 is 15.4 Å². The fraction of sp³-hybridized carbons (Fsp3) is 0.917. The van der Waals surface area contributed by atoms with Crippen LogP contribution in [0.15, 0.2) is 0 Å². The predicted octanol–water partition coefficient (Wildman–Crippen LogP) is 0.751. The lowest BCUT2D eigenvalue weighted by Gasteiger charge is -2.23. The average Bonchev–Trinajstić information content (AvgIpc) is 2.88. The van der Waals surface area contributed by atoms with E-state index < -0.39 is 0 Å². The third kappa shape index (κ3) is 2.74. The molecule has 0 spiro atoms. The topological polar surface area (TPSA) is 55.6 Å². The molecule has 4 nitrogen and oxygen atoms in total. The van der Waals surface area contributed by atoms with Crippen LogP contribution in [0.2, 0.25) is 0 Å². The number of hydrogen-bond acceptors (Lipinski definition) is 3. The summed E-state index contributed by atoms with van der Waals surface area (Å²) in [6.45, 7) is 1.59. The molecule has 4 heteroatoms. The average molecular weight is 226 g/mol. The van der Waals surface area contributed by atoms with Gasteiger partial charge in [-0.15, -0.1) is 0 Å². The van der Waals surface area contributed by atoms with E-state index in [1.807, 2.05) is 11.9 Å². The highest BCUT2D eigenvalue weighted by Gasteiger charge is 2.31. The van der Waals surface area contributed by atoms with E-state index in [4.69, 9.17) is 10.5 Å². The van der Waals surface area contributed by atoms with Gasteiger partial charge in [0.25, 0.3) is 0 Å². The summed E-state index contributed by atoms with van der Waals surface area (Å²) in [4.78, 5) is 13.9. The van der Waals surface area contributed by atoms with Gasteiger partial charge >= 0.3 is 0 Å². The van der Waals surface area contributed by atoms with E-state index in [1.165, 1.54) is 0 Å². The second-order valence-electron chi connectivity index (χ2n) is 5.12. The number of ether oxygens (including phenoxy) is 1. The van der Waals surface area contributed by atoms with Crippen molar-refractivity contribution in [1.82, 2.24) is 4.90 Å². The van der Waals surface area contributed by atoms with Crippen LogP contribution in [0, 0.1) is 5.92 Å². The maximum absolute atomic E-state index is 12.1. The molecule has 0 aromatic carbocycles. The van der Waals surface area contributed by atoms with Gasteiger partial charge in [-0.3, -0.25) is 4.79 Å². The molecule has 2 N–H and O–H groups in total. The van der Waals surface area contributed by atoms with E-state index in [2.05, 4.69) is 0 Å². The minimum atomic E-state index is 0.154. The maximum Gasteiger partial charge on any atom is 0.225 e. The van der Waals surface area contributed by atoms with E-state index in [9.17, 15) is 4.79 Å². The zero-order valence-electron chi connectivity index (χ0n) is 10.0. The van der Waals surface area contributed by atoms with Gasteiger partial charge in [0.15, 0.2) is 0 Å². The Morgan fingerprint density at radius 2 is 2.25 bits per heavy atom. The van der Waals surface area contributed by atoms with Crippen LogP contribution in [0.5, 0.6) is 0 Å². The molecule has 2 rings (SSSR count). The first-order valence-corrected chi connectivity index (χ1v) is 6.29. The summed E-state index contributed by atoms with van der Waals surface area (Å²) in [5.74, 6) is 0.407. The van der Waals surface area contributed by atoms with Crippen molar-refractivity contribution in [1.29, 1.82) is 0 Å². The molecule has 2 fully saturated rings. The Morgan fingerprint density at radius 3 is 2.81 bits per heavy atom. The standard InChI is InChI=1S/C12H22N2O2/c1-14(8-11-3-2-6-16-11)12(15)9-4-5-10(13)7-9/h9-11H,2-8,13H2,1H3. The largest absolute Gasteiger partial charge is 0.376 e. The summed E-state index contributed by atoms with van der Waals surface area (Å²) < 4.78 is 5.54. The molecule has 1 aliphatic carbocycles. The van der Waals surface area contributed by atoms with Gasteiger partial charge in [-0.05, 0) is 32.1 Å². The molecular weight excluding hydrogens is 204 g/mol. The zero-order chi connectivity index (χ0) is 11.5. The normalized spacial score (nSPS) is 34.2. The van der Waals surface area contributed by atoms with Gasteiger partial charge in [0.1, 0.15) is 0 Å². The summed E-state index contributed by atoms with van der Waals surface area (Å²) in [5.41, 5.74) is 5.83. The van der Waals surface area contributed by atoms with E-state index in [0.29, 0.717) is 0 Å². The third-order valence-corrected chi connectivity index (χ3v) is 3.70. The van der Waals surface area contributed by atoms with Crippen molar-refractivity contribution >= 4 is 5.91 Å². The van der Waals surface area contributed by atoms with Crippen LogP contribution in [0.25, 0.3) is 0 Å². The number of rotatable bonds is 3. The summed E-state index contributed by atoms with van der Waals surface area (Å²) >= 11 is 0. The minimum absolute atomic E-state index is 0.154. The molecule has 2 aliphatic rings. The van der Waals surface area contributed by atoms with Crippen LogP contribution in [0.4, 0.5) is 0 Å². The van der Waals surface area contributed by atoms with E-state index in [1.54, 1.807) is 0 Å². The third-order valence-electron chi connectivity index (χ3n) is 3.70. The Balaban J connectivity index is 1.79. The second-order valence-corrected chi connectivity index (χ2v) is 5.12. The Labute approximate surface area is 97.1 Å². The molecule has 0 aromatic rings. The smallest absolute Gasteiger partial charge is 0.225 e. The van der Waals surface area contributed by atoms with Crippen molar-refractivity contribution < 1.29 is 9.53 Å². The first kappa shape index (κ1) is 11.9. The fourth-order valence-electron chi connectivity index (χ4n) is 2.74. The molecular formula is C12H22N2O2. The molecule has 0 bridgehead atoms. The summed E-state index contributed by atoms with van der Waals surface area (Å²) in [6, 6.07) is 0.227. The summed E-state index contributed by atoms with van der Waals surface area (Å²) in [7, 11) is 1.88. The van der Waals surface area contributed by atoms with Crippen LogP contribution in [-0.2, 0) is 9.53 Å². The first-order valence-electron chi connectivity index (χ1n) is 6.29. The Bertz CT molecular complexity index is 251. The van der Waals surface area contributed by atoms with Gasteiger partial charge in [0.2, 0.25) is 5.91 Å². The molecule has 1 heterocycles. The fourth-order valence-corrected chi connectivity index (χ4v) is 2.74. The second kappa shape index (κ2) is 5.15. The predicted molar refractivity (Wildman–Crippen MR) is 61.9 cm³/mol. The molecule has 1 saturated carbocycles. The SMILES string of the molecule is CN(CC1CCCO1)C(=O)C1CCC(N)C1. The Hall–Kier alpha value is -0.610. The Morgan fingerprint density at radius 1 is 1.44 bits per heavy atom. The molecule has 3 unspecified atom stereocenters. The summed E-state index contributed by atoms with van der Waals surface area (Å²) in [6.07, 6.45) is 5.27. The van der Waals surface area contributed by atoms with Crippen LogP contribution in [0.3, 0.4) is 0 Å². The lowest BCUT2D eigenvalue weighted by Crippen LogP contribution is -2.37. The lowest BCUT2D eigenvalue weighted by molar-refractivity contribution is -0.135. The van der Waals surface area contributed by atoms with Crippen molar-refractivity contribution in [3.8, 4) is 0 Å². The molecule has 92 valence electrons. The van der Waals surface area contributed by atoms with Gasteiger partial charge in [0, 0.05) is 32.2 Å². The van der Waals surface area contributed by atoms with E-state index in [0.717, 1.165) is 45.3 Å². The van der Waals surface area contributed by atoms with Crippen LogP contribution in [-0.4, -0.2) is 43.2 Å². The number of likely N-dealkylation sites (N-methyl/N-ethyl adjacent to an activating group) is 1. The lowest BCUT2D eigenvalue weighted by atomic mass is 10.1. The molecule has 1 amide bonds. The van der Waals surface area contributed by atoms with Crippen molar-refractivity contribution in [2.24, 2.45) is 11.7 Å². The van der Waals surface area contributed by atoms with Crippen molar-refractivity contribution in [3.63, 3.8) is 0 Å². The van der Waals surface area contributed by atoms with Gasteiger partial charge in [-0.25, -0.2) is 0 Å².